The Morgan fingerprint density at radius 1 is 1.12 bits per heavy atom. The number of amides is 2. The Hall–Kier alpha value is -3.88. The summed E-state index contributed by atoms with van der Waals surface area (Å²) in [6, 6.07) is 13.2. The highest BCUT2D eigenvalue weighted by Crippen LogP contribution is 2.27. The molecule has 1 unspecified atom stereocenters. The first kappa shape index (κ1) is 22.8. The summed E-state index contributed by atoms with van der Waals surface area (Å²) in [6.07, 6.45) is 0.00877. The molecule has 1 aliphatic heterocycles. The monoisotopic (exact) mass is 440 g/mol. The Kier molecular flexibility index (Phi) is 7.43. The lowest BCUT2D eigenvalue weighted by molar-refractivity contribution is -0.151. The van der Waals surface area contributed by atoms with Crippen molar-refractivity contribution in [3.63, 3.8) is 0 Å². The van der Waals surface area contributed by atoms with Gasteiger partial charge in [0.15, 0.2) is 6.61 Å². The summed E-state index contributed by atoms with van der Waals surface area (Å²) in [5.74, 6) is -1.87. The molecule has 0 aromatic heterocycles. The molecule has 0 saturated carbocycles. The van der Waals surface area contributed by atoms with E-state index in [0.717, 1.165) is 0 Å². The van der Waals surface area contributed by atoms with Crippen molar-refractivity contribution in [2.24, 2.45) is 5.92 Å². The minimum absolute atomic E-state index is 0.00877. The number of carbonyl (C=O) groups excluding carboxylic acids is 4. The van der Waals surface area contributed by atoms with E-state index in [1.54, 1.807) is 42.5 Å². The number of carbonyl (C=O) groups is 4. The van der Waals surface area contributed by atoms with Gasteiger partial charge in [0.25, 0.3) is 5.91 Å². The maximum absolute atomic E-state index is 12.4. The third kappa shape index (κ3) is 5.63. The third-order valence-corrected chi connectivity index (χ3v) is 4.83. The lowest BCUT2D eigenvalue weighted by Gasteiger charge is -2.17. The molecule has 168 valence electrons. The van der Waals surface area contributed by atoms with Crippen molar-refractivity contribution in [2.45, 2.75) is 13.3 Å². The van der Waals surface area contributed by atoms with Crippen molar-refractivity contribution in [3.8, 4) is 5.75 Å². The van der Waals surface area contributed by atoms with E-state index in [-0.39, 0.29) is 24.4 Å². The maximum atomic E-state index is 12.4. The topological polar surface area (TPSA) is 111 Å². The minimum atomic E-state index is -0.662. The van der Waals surface area contributed by atoms with Crippen LogP contribution in [0.25, 0.3) is 0 Å². The maximum Gasteiger partial charge on any atom is 0.337 e. The molecule has 1 atom stereocenters. The van der Waals surface area contributed by atoms with Crippen LogP contribution in [0.4, 0.5) is 11.4 Å². The van der Waals surface area contributed by atoms with E-state index in [4.69, 9.17) is 9.47 Å². The van der Waals surface area contributed by atoms with Gasteiger partial charge in [-0.25, -0.2) is 4.79 Å². The van der Waals surface area contributed by atoms with Crippen LogP contribution >= 0.6 is 0 Å². The minimum Gasteiger partial charge on any atom is -0.494 e. The van der Waals surface area contributed by atoms with Crippen LogP contribution in [0.5, 0.6) is 5.75 Å². The zero-order chi connectivity index (χ0) is 23.1. The van der Waals surface area contributed by atoms with E-state index < -0.39 is 30.4 Å². The lowest BCUT2D eigenvalue weighted by atomic mass is 10.1. The molecule has 3 rings (SSSR count). The van der Waals surface area contributed by atoms with E-state index in [2.05, 4.69) is 10.1 Å². The first-order chi connectivity index (χ1) is 15.4. The van der Waals surface area contributed by atoms with Crippen LogP contribution in [-0.4, -0.2) is 50.6 Å². The van der Waals surface area contributed by atoms with E-state index in [1.165, 1.54) is 18.1 Å². The van der Waals surface area contributed by atoms with Crippen LogP contribution in [0.15, 0.2) is 48.5 Å². The quantitative estimate of drug-likeness (QED) is 0.628. The van der Waals surface area contributed by atoms with Gasteiger partial charge >= 0.3 is 11.9 Å². The van der Waals surface area contributed by atoms with Crippen LogP contribution in [0, 0.1) is 5.92 Å². The van der Waals surface area contributed by atoms with Crippen molar-refractivity contribution in [3.05, 3.63) is 54.1 Å². The summed E-state index contributed by atoms with van der Waals surface area (Å²) in [7, 11) is 1.26. The number of benzene rings is 2. The molecule has 0 aliphatic carbocycles. The van der Waals surface area contributed by atoms with E-state index in [0.29, 0.717) is 23.7 Å². The fraction of sp³-hybridized carbons (Fsp3) is 0.304. The summed E-state index contributed by atoms with van der Waals surface area (Å²) in [5.41, 5.74) is 1.31. The number of nitrogens with zero attached hydrogens (tertiary/aromatic N) is 1. The van der Waals surface area contributed by atoms with Gasteiger partial charge in [0.2, 0.25) is 5.91 Å². The number of hydrogen-bond acceptors (Lipinski definition) is 7. The van der Waals surface area contributed by atoms with Crippen LogP contribution in [-0.2, 0) is 23.9 Å². The van der Waals surface area contributed by atoms with Gasteiger partial charge in [-0.1, -0.05) is 6.07 Å². The molecule has 0 radical (unpaired) electrons. The average Bonchev–Trinajstić information content (AvgIpc) is 3.19. The smallest absolute Gasteiger partial charge is 0.337 e. The van der Waals surface area contributed by atoms with Gasteiger partial charge in [-0.2, -0.15) is 0 Å². The predicted octanol–water partition coefficient (Wildman–Crippen LogP) is 2.41. The third-order valence-electron chi connectivity index (χ3n) is 4.83. The van der Waals surface area contributed by atoms with Crippen LogP contribution < -0.4 is 15.0 Å². The van der Waals surface area contributed by atoms with Gasteiger partial charge in [-0.15, -0.1) is 0 Å². The average molecular weight is 440 g/mol. The first-order valence-corrected chi connectivity index (χ1v) is 10.1. The van der Waals surface area contributed by atoms with Gasteiger partial charge in [-0.3, -0.25) is 14.4 Å². The molecule has 1 aliphatic rings. The van der Waals surface area contributed by atoms with E-state index in [9.17, 15) is 19.2 Å². The lowest BCUT2D eigenvalue weighted by Crippen LogP contribution is -2.28. The molecular weight excluding hydrogens is 416 g/mol. The van der Waals surface area contributed by atoms with Crippen LogP contribution in [0.2, 0.25) is 0 Å². The molecule has 2 aromatic rings. The summed E-state index contributed by atoms with van der Waals surface area (Å²) in [4.78, 5) is 50.0. The van der Waals surface area contributed by atoms with Crippen LogP contribution in [0.1, 0.15) is 23.7 Å². The number of rotatable bonds is 8. The van der Waals surface area contributed by atoms with Gasteiger partial charge in [0.05, 0.1) is 25.2 Å². The number of esters is 2. The molecule has 1 fully saturated rings. The van der Waals surface area contributed by atoms with Gasteiger partial charge in [0.1, 0.15) is 5.75 Å². The van der Waals surface area contributed by atoms with Gasteiger partial charge < -0.3 is 24.4 Å². The number of anilines is 2. The molecule has 9 nitrogen and oxygen atoms in total. The largest absolute Gasteiger partial charge is 0.494 e. The van der Waals surface area contributed by atoms with Crippen molar-refractivity contribution in [1.29, 1.82) is 0 Å². The Balaban J connectivity index is 1.51. The Morgan fingerprint density at radius 2 is 1.88 bits per heavy atom. The fourth-order valence-corrected chi connectivity index (χ4v) is 3.30. The molecule has 9 heteroatoms. The molecule has 2 aromatic carbocycles. The highest BCUT2D eigenvalue weighted by atomic mass is 16.5. The second-order valence-electron chi connectivity index (χ2n) is 7.06. The number of nitrogens with one attached hydrogen (secondary N) is 1. The molecule has 0 spiro atoms. The SMILES string of the molecule is CCOc1ccc(N2CC(C(=O)OCC(=O)Nc3cccc(C(=O)OC)c3)CC2=O)cc1. The van der Waals surface area contributed by atoms with Crippen LogP contribution in [0.3, 0.4) is 0 Å². The standard InChI is InChI=1S/C23H24N2O7/c1-3-31-19-9-7-18(8-10-19)25-13-16(12-21(25)27)23(29)32-14-20(26)24-17-6-4-5-15(11-17)22(28)30-2/h4-11,16H,3,12-14H2,1-2H3,(H,24,26). The summed E-state index contributed by atoms with van der Waals surface area (Å²) in [5, 5.41) is 2.55. The zero-order valence-electron chi connectivity index (χ0n) is 17.8. The number of hydrogen-bond donors (Lipinski definition) is 1. The Labute approximate surface area is 185 Å². The second-order valence-corrected chi connectivity index (χ2v) is 7.06. The highest BCUT2D eigenvalue weighted by Gasteiger charge is 2.36. The second kappa shape index (κ2) is 10.4. The zero-order valence-corrected chi connectivity index (χ0v) is 17.8. The number of ether oxygens (including phenoxy) is 3. The highest BCUT2D eigenvalue weighted by molar-refractivity contribution is 6.00. The fourth-order valence-electron chi connectivity index (χ4n) is 3.30. The Bertz CT molecular complexity index is 1000. The van der Waals surface area contributed by atoms with Crippen molar-refractivity contribution in [2.75, 3.05) is 37.1 Å². The van der Waals surface area contributed by atoms with Crippen molar-refractivity contribution in [1.82, 2.24) is 0 Å². The van der Waals surface area contributed by atoms with E-state index >= 15 is 0 Å². The molecular formula is C23H24N2O7. The number of methoxy groups -OCH3 is 1. The molecule has 32 heavy (non-hydrogen) atoms. The van der Waals surface area contributed by atoms with Crippen molar-refractivity contribution < 1.29 is 33.4 Å². The molecule has 1 saturated heterocycles. The van der Waals surface area contributed by atoms with Gasteiger partial charge in [0, 0.05) is 24.3 Å². The summed E-state index contributed by atoms with van der Waals surface area (Å²) < 4.78 is 15.1. The normalized spacial score (nSPS) is 15.2. The molecule has 0 bridgehead atoms. The first-order valence-electron chi connectivity index (χ1n) is 10.1. The van der Waals surface area contributed by atoms with Crippen molar-refractivity contribution >= 4 is 35.1 Å². The predicted molar refractivity (Wildman–Crippen MR) is 115 cm³/mol. The molecule has 1 heterocycles. The molecule has 2 amide bonds. The molecule has 1 N–H and O–H groups in total. The van der Waals surface area contributed by atoms with Gasteiger partial charge in [-0.05, 0) is 49.4 Å². The Morgan fingerprint density at radius 3 is 2.56 bits per heavy atom. The van der Waals surface area contributed by atoms with E-state index in [1.807, 2.05) is 6.92 Å². The summed E-state index contributed by atoms with van der Waals surface area (Å²) >= 11 is 0. The summed E-state index contributed by atoms with van der Waals surface area (Å²) in [6.45, 7) is 2.09.